The molecule has 1 heterocycles. The number of nitrogens with zero attached hydrogens (tertiary/aromatic N) is 1. The molecule has 0 atom stereocenters. The molecular formula is C17H14BrN3OS. The molecule has 0 aliphatic rings. The molecule has 6 heteroatoms. The van der Waals surface area contributed by atoms with Crippen molar-refractivity contribution in [2.24, 2.45) is 0 Å². The third-order valence-electron chi connectivity index (χ3n) is 3.13. The Morgan fingerprint density at radius 1 is 1.13 bits per heavy atom. The van der Waals surface area contributed by atoms with Crippen molar-refractivity contribution in [1.82, 2.24) is 9.97 Å². The van der Waals surface area contributed by atoms with Crippen LogP contribution >= 0.6 is 27.7 Å². The lowest BCUT2D eigenvalue weighted by molar-refractivity contribution is -0.113. The maximum atomic E-state index is 12.0. The third kappa shape index (κ3) is 4.24. The molecule has 0 fully saturated rings. The molecule has 4 nitrogen and oxygen atoms in total. The Bertz CT molecular complexity index is 804. The Balaban J connectivity index is 1.58. The molecular weight excluding hydrogens is 374 g/mol. The summed E-state index contributed by atoms with van der Waals surface area (Å²) in [5.74, 6) is 0.225. The molecule has 0 unspecified atom stereocenters. The van der Waals surface area contributed by atoms with Crippen LogP contribution in [0.3, 0.4) is 0 Å². The molecule has 1 amide bonds. The molecule has 0 saturated carbocycles. The summed E-state index contributed by atoms with van der Waals surface area (Å²) >= 11 is 4.79. The van der Waals surface area contributed by atoms with E-state index >= 15 is 0 Å². The van der Waals surface area contributed by atoms with Crippen molar-refractivity contribution >= 4 is 39.3 Å². The number of benzene rings is 2. The zero-order valence-electron chi connectivity index (χ0n) is 12.1. The standard InChI is InChI=1S/C17H14BrN3OS/c18-13-8-4-5-9-14(13)20-16(22)11-23-17-19-10-15(21-17)12-6-2-1-3-7-12/h1-10H,11H2,(H,19,21)(H,20,22). The highest BCUT2D eigenvalue weighted by Gasteiger charge is 2.08. The third-order valence-corrected chi connectivity index (χ3v) is 4.70. The molecule has 2 N–H and O–H groups in total. The minimum atomic E-state index is -0.0699. The molecule has 0 saturated heterocycles. The second-order valence-corrected chi connectivity index (χ2v) is 6.60. The van der Waals surface area contributed by atoms with Gasteiger partial charge in [-0.05, 0) is 33.6 Å². The second-order valence-electron chi connectivity index (χ2n) is 4.78. The number of anilines is 1. The first kappa shape index (κ1) is 15.8. The summed E-state index contributed by atoms with van der Waals surface area (Å²) in [7, 11) is 0. The van der Waals surface area contributed by atoms with Gasteiger partial charge in [0.25, 0.3) is 0 Å². The number of thioether (sulfide) groups is 1. The minimum absolute atomic E-state index is 0.0699. The topological polar surface area (TPSA) is 57.8 Å². The summed E-state index contributed by atoms with van der Waals surface area (Å²) in [4.78, 5) is 19.6. The number of halogens is 1. The number of aromatic nitrogens is 2. The van der Waals surface area contributed by atoms with Gasteiger partial charge in [-0.2, -0.15) is 0 Å². The van der Waals surface area contributed by atoms with Crippen molar-refractivity contribution in [3.63, 3.8) is 0 Å². The van der Waals surface area contributed by atoms with E-state index in [0.29, 0.717) is 5.75 Å². The molecule has 3 aromatic rings. The van der Waals surface area contributed by atoms with E-state index in [4.69, 9.17) is 0 Å². The van der Waals surface area contributed by atoms with Crippen molar-refractivity contribution in [3.05, 3.63) is 65.3 Å². The average molecular weight is 388 g/mol. The summed E-state index contributed by atoms with van der Waals surface area (Å²) < 4.78 is 0.864. The Hall–Kier alpha value is -2.05. The molecule has 23 heavy (non-hydrogen) atoms. The molecule has 0 radical (unpaired) electrons. The fourth-order valence-electron chi connectivity index (χ4n) is 2.02. The summed E-state index contributed by atoms with van der Waals surface area (Å²) in [6.07, 6.45) is 1.78. The summed E-state index contributed by atoms with van der Waals surface area (Å²) in [6, 6.07) is 17.5. The van der Waals surface area contributed by atoms with Gasteiger partial charge in [-0.1, -0.05) is 54.2 Å². The molecule has 2 aromatic carbocycles. The number of hydrogen-bond donors (Lipinski definition) is 2. The number of hydrogen-bond acceptors (Lipinski definition) is 3. The fourth-order valence-corrected chi connectivity index (χ4v) is 3.06. The maximum Gasteiger partial charge on any atom is 0.234 e. The number of amides is 1. The SMILES string of the molecule is O=C(CSc1ncc(-c2ccccc2)[nH]1)Nc1ccccc1Br. The van der Waals surface area contributed by atoms with Gasteiger partial charge in [-0.3, -0.25) is 4.79 Å². The summed E-state index contributed by atoms with van der Waals surface area (Å²) in [5, 5.41) is 3.60. The maximum absolute atomic E-state index is 12.0. The lowest BCUT2D eigenvalue weighted by atomic mass is 10.2. The van der Waals surface area contributed by atoms with Crippen LogP contribution in [0.25, 0.3) is 11.3 Å². The molecule has 1 aromatic heterocycles. The van der Waals surface area contributed by atoms with Gasteiger partial charge in [0, 0.05) is 4.47 Å². The van der Waals surface area contributed by atoms with Crippen LogP contribution in [0.4, 0.5) is 5.69 Å². The van der Waals surface area contributed by atoms with E-state index in [-0.39, 0.29) is 5.91 Å². The van der Waals surface area contributed by atoms with Gasteiger partial charge in [-0.25, -0.2) is 4.98 Å². The number of imidazole rings is 1. The monoisotopic (exact) mass is 387 g/mol. The molecule has 116 valence electrons. The van der Waals surface area contributed by atoms with Crippen molar-refractivity contribution in [1.29, 1.82) is 0 Å². The van der Waals surface area contributed by atoms with Gasteiger partial charge in [0.2, 0.25) is 5.91 Å². The van der Waals surface area contributed by atoms with E-state index < -0.39 is 0 Å². The molecule has 0 aliphatic carbocycles. The largest absolute Gasteiger partial charge is 0.333 e. The summed E-state index contributed by atoms with van der Waals surface area (Å²) in [6.45, 7) is 0. The number of nitrogens with one attached hydrogen (secondary N) is 2. The lowest BCUT2D eigenvalue weighted by Crippen LogP contribution is -2.14. The van der Waals surface area contributed by atoms with Gasteiger partial charge in [-0.15, -0.1) is 0 Å². The van der Waals surface area contributed by atoms with Crippen LogP contribution in [0.2, 0.25) is 0 Å². The predicted molar refractivity (Wildman–Crippen MR) is 97.5 cm³/mol. The minimum Gasteiger partial charge on any atom is -0.333 e. The Morgan fingerprint density at radius 3 is 2.65 bits per heavy atom. The van der Waals surface area contributed by atoms with Crippen LogP contribution in [-0.2, 0) is 4.79 Å². The first-order valence-corrected chi connectivity index (χ1v) is 8.78. The number of carbonyl (C=O) groups is 1. The van der Waals surface area contributed by atoms with Gasteiger partial charge in [0.05, 0.1) is 23.3 Å². The Labute approximate surface area is 146 Å². The van der Waals surface area contributed by atoms with E-state index in [1.54, 1.807) is 6.20 Å². The number of aromatic amines is 1. The highest BCUT2D eigenvalue weighted by atomic mass is 79.9. The average Bonchev–Trinajstić information content (AvgIpc) is 3.05. The van der Waals surface area contributed by atoms with Gasteiger partial charge in [0.15, 0.2) is 5.16 Å². The quantitative estimate of drug-likeness (QED) is 0.630. The highest BCUT2D eigenvalue weighted by molar-refractivity contribution is 9.10. The van der Waals surface area contributed by atoms with Crippen LogP contribution in [0.15, 0.2) is 70.4 Å². The summed E-state index contributed by atoms with van der Waals surface area (Å²) in [5.41, 5.74) is 2.78. The second kappa shape index (κ2) is 7.48. The highest BCUT2D eigenvalue weighted by Crippen LogP contribution is 2.23. The first-order chi connectivity index (χ1) is 11.2. The fraction of sp³-hybridized carbons (Fsp3) is 0.0588. The van der Waals surface area contributed by atoms with E-state index in [0.717, 1.165) is 26.6 Å². The zero-order chi connectivity index (χ0) is 16.1. The number of carbonyl (C=O) groups excluding carboxylic acids is 1. The van der Waals surface area contributed by atoms with Crippen molar-refractivity contribution in [2.75, 3.05) is 11.1 Å². The van der Waals surface area contributed by atoms with Crippen LogP contribution in [0, 0.1) is 0 Å². The van der Waals surface area contributed by atoms with E-state index in [1.165, 1.54) is 11.8 Å². The Kier molecular flexibility index (Phi) is 5.15. The lowest BCUT2D eigenvalue weighted by Gasteiger charge is -2.06. The molecule has 0 aliphatic heterocycles. The van der Waals surface area contributed by atoms with E-state index in [2.05, 4.69) is 31.2 Å². The van der Waals surface area contributed by atoms with Crippen LogP contribution in [0.1, 0.15) is 0 Å². The number of para-hydroxylation sites is 1. The van der Waals surface area contributed by atoms with Gasteiger partial charge in [0.1, 0.15) is 0 Å². The normalized spacial score (nSPS) is 10.5. The van der Waals surface area contributed by atoms with Crippen LogP contribution in [0.5, 0.6) is 0 Å². The first-order valence-electron chi connectivity index (χ1n) is 7.00. The number of H-pyrrole nitrogens is 1. The van der Waals surface area contributed by atoms with Crippen molar-refractivity contribution in [3.8, 4) is 11.3 Å². The van der Waals surface area contributed by atoms with Crippen LogP contribution < -0.4 is 5.32 Å². The van der Waals surface area contributed by atoms with Gasteiger partial charge >= 0.3 is 0 Å². The van der Waals surface area contributed by atoms with Crippen molar-refractivity contribution < 1.29 is 4.79 Å². The molecule has 0 bridgehead atoms. The zero-order valence-corrected chi connectivity index (χ0v) is 14.5. The van der Waals surface area contributed by atoms with E-state index in [1.807, 2.05) is 54.6 Å². The molecule has 3 rings (SSSR count). The van der Waals surface area contributed by atoms with E-state index in [9.17, 15) is 4.79 Å². The smallest absolute Gasteiger partial charge is 0.234 e. The van der Waals surface area contributed by atoms with Gasteiger partial charge < -0.3 is 10.3 Å². The van der Waals surface area contributed by atoms with Crippen molar-refractivity contribution in [2.45, 2.75) is 5.16 Å². The Morgan fingerprint density at radius 2 is 1.87 bits per heavy atom. The number of rotatable bonds is 5. The van der Waals surface area contributed by atoms with Crippen LogP contribution in [-0.4, -0.2) is 21.6 Å². The predicted octanol–water partition coefficient (Wildman–Crippen LogP) is 4.57. The molecule has 0 spiro atoms.